The number of carbonyl (C=O) groups is 1. The summed E-state index contributed by atoms with van der Waals surface area (Å²) in [5.74, 6) is -2.14. The number of hydrogen-bond donors (Lipinski definition) is 2. The minimum absolute atomic E-state index is 0.123. The summed E-state index contributed by atoms with van der Waals surface area (Å²) in [5, 5.41) is 22.8. The molecule has 16 heteroatoms. The van der Waals surface area contributed by atoms with Crippen LogP contribution in [0.2, 0.25) is 0 Å². The topological polar surface area (TPSA) is 92.5 Å². The first kappa shape index (κ1) is 26.7. The van der Waals surface area contributed by atoms with Gasteiger partial charge in [0.1, 0.15) is 10.5 Å². The maximum Gasteiger partial charge on any atom is 0.418 e. The van der Waals surface area contributed by atoms with E-state index in [1.807, 2.05) is 0 Å². The Kier molecular flexibility index (Phi) is 6.25. The molecule has 0 aliphatic heterocycles. The van der Waals surface area contributed by atoms with Gasteiger partial charge < -0.3 is 10.4 Å². The fourth-order valence-electron chi connectivity index (χ4n) is 2.34. The number of non-ortho nitro benzene ring substituents is 1. The minimum atomic E-state index is -9.97. The normalized spacial score (nSPS) is 16.3. The second kappa shape index (κ2) is 7.73. The lowest BCUT2D eigenvalue weighted by molar-refractivity contribution is -0.385. The van der Waals surface area contributed by atoms with Crippen molar-refractivity contribution in [2.75, 3.05) is 11.1 Å². The highest BCUT2D eigenvalue weighted by molar-refractivity contribution is 8.45. The van der Waals surface area contributed by atoms with Crippen LogP contribution in [0.3, 0.4) is 0 Å². The number of nitro groups is 1. The molecular formula is C17H14F8N2O4S2. The molecule has 33 heavy (non-hydrogen) atoms. The molecule has 0 spiro atoms. The van der Waals surface area contributed by atoms with E-state index < -0.39 is 60.4 Å². The molecule has 6 nitrogen and oxygen atoms in total. The van der Waals surface area contributed by atoms with Crippen molar-refractivity contribution in [1.82, 2.24) is 0 Å². The minimum Gasteiger partial charge on any atom is -0.379 e. The monoisotopic (exact) mass is 526 g/mol. The second-order valence-corrected chi connectivity index (χ2v) is 10.4. The molecule has 0 fully saturated rings. The lowest BCUT2D eigenvalue weighted by Crippen LogP contribution is -2.42. The average molecular weight is 526 g/mol. The van der Waals surface area contributed by atoms with Crippen LogP contribution >= 0.6 is 22.0 Å². The third-order valence-electron chi connectivity index (χ3n) is 4.03. The molecule has 1 amide bonds. The lowest BCUT2D eigenvalue weighted by Gasteiger charge is -2.40. The van der Waals surface area contributed by atoms with E-state index >= 15 is 0 Å². The lowest BCUT2D eigenvalue weighted by atomic mass is 10.1. The van der Waals surface area contributed by atoms with Crippen LogP contribution in [0, 0.1) is 10.1 Å². The van der Waals surface area contributed by atoms with Gasteiger partial charge in [-0.05, 0) is 31.2 Å². The Morgan fingerprint density at radius 1 is 1.12 bits per heavy atom. The molecule has 1 unspecified atom stereocenters. The summed E-state index contributed by atoms with van der Waals surface area (Å²) >= 11 is 0.373. The smallest absolute Gasteiger partial charge is 0.379 e. The largest absolute Gasteiger partial charge is 0.418 e. The number of halogens is 8. The van der Waals surface area contributed by atoms with Crippen molar-refractivity contribution in [3.8, 4) is 0 Å². The number of nitro benzene ring substituents is 1. The van der Waals surface area contributed by atoms with Crippen molar-refractivity contribution >= 4 is 39.3 Å². The van der Waals surface area contributed by atoms with E-state index in [-0.39, 0.29) is 23.1 Å². The van der Waals surface area contributed by atoms with E-state index in [1.54, 1.807) is 5.32 Å². The number of alkyl halides is 3. The molecule has 184 valence electrons. The fourth-order valence-corrected chi connectivity index (χ4v) is 4.06. The van der Waals surface area contributed by atoms with Gasteiger partial charge in [0.2, 0.25) is 0 Å². The maximum atomic E-state index is 13.2. The molecule has 0 bridgehead atoms. The number of thioether (sulfide) groups is 1. The molecule has 2 aromatic rings. The maximum absolute atomic E-state index is 13.2. The van der Waals surface area contributed by atoms with Crippen molar-refractivity contribution in [1.29, 1.82) is 0 Å². The van der Waals surface area contributed by atoms with E-state index in [9.17, 15) is 52.6 Å². The SMILES string of the molecule is CC(O)(CSc1cccc(S(F)(F)(F)(F)F)c1)C(=O)Nc1ccc([N+](=O)[O-])cc1C(F)(F)F. The summed E-state index contributed by atoms with van der Waals surface area (Å²) in [4.78, 5) is 19.4. The summed E-state index contributed by atoms with van der Waals surface area (Å²) < 4.78 is 104. The van der Waals surface area contributed by atoms with Crippen LogP contribution in [0.15, 0.2) is 52.3 Å². The van der Waals surface area contributed by atoms with Gasteiger partial charge in [-0.1, -0.05) is 25.5 Å². The summed E-state index contributed by atoms with van der Waals surface area (Å²) in [6.45, 7) is 0.836. The highest BCUT2D eigenvalue weighted by Gasteiger charge is 2.65. The van der Waals surface area contributed by atoms with Gasteiger partial charge >= 0.3 is 16.4 Å². The Labute approximate surface area is 184 Å². The van der Waals surface area contributed by atoms with E-state index in [0.29, 0.717) is 30.0 Å². The Balaban J connectivity index is 2.23. The summed E-state index contributed by atoms with van der Waals surface area (Å²) in [7, 11) is -9.97. The molecule has 0 aromatic heterocycles. The Hall–Kier alpha value is -2.59. The first-order chi connectivity index (χ1) is 14.6. The highest BCUT2D eigenvalue weighted by Crippen LogP contribution is 3.02. The molecule has 2 rings (SSSR count). The van der Waals surface area contributed by atoms with Crippen molar-refractivity contribution in [2.45, 2.75) is 28.5 Å². The number of nitrogens with one attached hydrogen (secondary N) is 1. The molecule has 0 aliphatic carbocycles. The summed E-state index contributed by atoms with van der Waals surface area (Å²) in [6.07, 6.45) is -5.11. The van der Waals surface area contributed by atoms with E-state index in [1.165, 1.54) is 0 Å². The second-order valence-electron chi connectivity index (χ2n) is 6.95. The quantitative estimate of drug-likeness (QED) is 0.180. The number of hydrogen-bond acceptors (Lipinski definition) is 5. The van der Waals surface area contributed by atoms with E-state index in [2.05, 4.69) is 0 Å². The summed E-state index contributed by atoms with van der Waals surface area (Å²) in [5.41, 5.74) is -5.87. The molecule has 0 saturated carbocycles. The molecule has 0 radical (unpaired) electrons. The van der Waals surface area contributed by atoms with Crippen LogP contribution in [0.25, 0.3) is 0 Å². The number of aliphatic hydroxyl groups is 1. The van der Waals surface area contributed by atoms with Crippen LogP contribution in [0.1, 0.15) is 12.5 Å². The number of amides is 1. The fraction of sp³-hybridized carbons (Fsp3) is 0.235. The molecule has 2 aromatic carbocycles. The van der Waals surface area contributed by atoms with Gasteiger partial charge in [0, 0.05) is 22.8 Å². The molecule has 2 N–H and O–H groups in total. The van der Waals surface area contributed by atoms with E-state index in [0.717, 1.165) is 13.0 Å². The van der Waals surface area contributed by atoms with Gasteiger partial charge in [-0.15, -0.1) is 11.8 Å². The van der Waals surface area contributed by atoms with Crippen molar-refractivity contribution in [2.24, 2.45) is 0 Å². The van der Waals surface area contributed by atoms with Crippen molar-refractivity contribution in [3.05, 3.63) is 58.1 Å². The zero-order valence-corrected chi connectivity index (χ0v) is 17.8. The molecule has 1 atom stereocenters. The van der Waals surface area contributed by atoms with E-state index in [4.69, 9.17) is 0 Å². The third kappa shape index (κ3) is 6.94. The van der Waals surface area contributed by atoms with Gasteiger partial charge in [0.15, 0.2) is 0 Å². The van der Waals surface area contributed by atoms with Crippen molar-refractivity contribution < 1.29 is 47.4 Å². The number of anilines is 1. The Bertz CT molecular complexity index is 1110. The van der Waals surface area contributed by atoms with Crippen LogP contribution in [-0.4, -0.2) is 27.3 Å². The summed E-state index contributed by atoms with van der Waals surface area (Å²) in [6, 6.07) is 3.42. The third-order valence-corrected chi connectivity index (χ3v) is 6.47. The first-order valence-electron chi connectivity index (χ1n) is 8.46. The number of benzene rings is 2. The van der Waals surface area contributed by atoms with Gasteiger partial charge in [0.05, 0.1) is 16.2 Å². The molecular weight excluding hydrogens is 512 g/mol. The number of rotatable bonds is 7. The van der Waals surface area contributed by atoms with Crippen molar-refractivity contribution in [3.63, 3.8) is 0 Å². The van der Waals surface area contributed by atoms with Gasteiger partial charge in [-0.3, -0.25) is 14.9 Å². The van der Waals surface area contributed by atoms with Crippen LogP contribution in [0.4, 0.5) is 44.0 Å². The van der Waals surface area contributed by atoms with Crippen LogP contribution in [-0.2, 0) is 11.0 Å². The zero-order chi connectivity index (χ0) is 25.5. The van der Waals surface area contributed by atoms with Gasteiger partial charge in [-0.2, -0.15) is 13.2 Å². The van der Waals surface area contributed by atoms with Crippen LogP contribution < -0.4 is 5.32 Å². The highest BCUT2D eigenvalue weighted by atomic mass is 32.5. The number of nitrogens with zero attached hydrogens (tertiary/aromatic N) is 1. The zero-order valence-electron chi connectivity index (χ0n) is 16.2. The standard InChI is InChI=1S/C17H14F8N2O4S2/c1-16(29,9-32-11-3-2-4-12(8-11)33(21,22,23,24)25)15(28)26-14-6-5-10(27(30)31)7-13(14)17(18,19)20/h2-8,29H,9H2,1H3,(H,26,28). The van der Waals surface area contributed by atoms with Crippen LogP contribution in [0.5, 0.6) is 0 Å². The van der Waals surface area contributed by atoms with Gasteiger partial charge in [0.25, 0.3) is 11.6 Å². The average Bonchev–Trinajstić information content (AvgIpc) is 2.64. The first-order valence-corrected chi connectivity index (χ1v) is 11.4. The molecule has 0 aliphatic rings. The Morgan fingerprint density at radius 3 is 2.24 bits per heavy atom. The molecule has 0 saturated heterocycles. The predicted octanol–water partition coefficient (Wildman–Crippen LogP) is 6.75. The Morgan fingerprint density at radius 2 is 1.73 bits per heavy atom. The van der Waals surface area contributed by atoms with Gasteiger partial charge in [-0.25, -0.2) is 0 Å². The predicted molar refractivity (Wildman–Crippen MR) is 106 cm³/mol. The molecule has 0 heterocycles. The number of carbonyl (C=O) groups excluding carboxylic acids is 1.